The molecule has 180 valence electrons. The lowest BCUT2D eigenvalue weighted by molar-refractivity contribution is -0.259. The van der Waals surface area contributed by atoms with E-state index in [1.807, 2.05) is 0 Å². The molecule has 21 heteroatoms. The maximum Gasteiger partial charge on any atom is 0.431 e. The van der Waals surface area contributed by atoms with Crippen molar-refractivity contribution in [2.45, 2.75) is 45.2 Å². The van der Waals surface area contributed by atoms with Crippen molar-refractivity contribution in [3.8, 4) is 0 Å². The molecule has 0 aromatic heterocycles. The summed E-state index contributed by atoms with van der Waals surface area (Å²) in [6.07, 6.45) is -36.2. The van der Waals surface area contributed by atoms with Gasteiger partial charge in [-0.05, 0) is 0 Å². The minimum atomic E-state index is -6.33. The maximum atomic E-state index is 12.3. The zero-order chi connectivity index (χ0) is 25.0. The van der Waals surface area contributed by atoms with Gasteiger partial charge in [0.15, 0.2) is 4.86 Å². The highest BCUT2D eigenvalue weighted by molar-refractivity contribution is 8.36. The van der Waals surface area contributed by atoms with Crippen LogP contribution in [0.1, 0.15) is 0 Å². The Kier molecular flexibility index (Phi) is 7.71. The fourth-order valence-corrected chi connectivity index (χ4v) is 4.36. The first-order valence-corrected chi connectivity index (χ1v) is 7.96. The summed E-state index contributed by atoms with van der Waals surface area (Å²) in [6, 6.07) is 0. The molecular formula is C9F18S3. The van der Waals surface area contributed by atoms with Crippen LogP contribution in [0.25, 0.3) is 0 Å². The second-order valence-corrected chi connectivity index (χ2v) is 8.54. The normalized spacial score (nSPS) is 20.1. The second kappa shape index (κ2) is 7.84. The summed E-state index contributed by atoms with van der Waals surface area (Å²) in [6.45, 7) is 0. The first kappa shape index (κ1) is 29.5. The Bertz CT molecular complexity index is 534. The monoisotopic (exact) mass is 546 g/mol. The van der Waals surface area contributed by atoms with Crippen molar-refractivity contribution in [1.82, 2.24) is 0 Å². The molecule has 0 aromatic rings. The van der Waals surface area contributed by atoms with Gasteiger partial charge < -0.3 is 0 Å². The molecule has 1 fully saturated rings. The van der Waals surface area contributed by atoms with Crippen molar-refractivity contribution < 1.29 is 79.0 Å². The molecule has 0 amide bonds. The van der Waals surface area contributed by atoms with Crippen molar-refractivity contribution in [3.63, 3.8) is 0 Å². The molecule has 0 radical (unpaired) electrons. The number of thiocarbonyl (C=S) groups is 1. The van der Waals surface area contributed by atoms with Crippen LogP contribution in [0.3, 0.4) is 0 Å². The summed E-state index contributed by atoms with van der Waals surface area (Å²) in [5.74, 6) is 0. The lowest BCUT2D eigenvalue weighted by atomic mass is 10.3. The Morgan fingerprint density at radius 2 is 0.600 bits per heavy atom. The van der Waals surface area contributed by atoms with Gasteiger partial charge in [0.2, 0.25) is 0 Å². The minimum absolute atomic E-state index is 2.24. The van der Waals surface area contributed by atoms with Crippen molar-refractivity contribution >= 4 is 40.6 Å². The van der Waals surface area contributed by atoms with E-state index >= 15 is 0 Å². The van der Waals surface area contributed by atoms with Gasteiger partial charge in [-0.2, -0.15) is 79.0 Å². The Balaban J connectivity index is 0.000000710. The Hall–Kier alpha value is -0.470. The summed E-state index contributed by atoms with van der Waals surface area (Å²) in [5.41, 5.74) is 0. The van der Waals surface area contributed by atoms with E-state index in [-0.39, 0.29) is 0 Å². The summed E-state index contributed by atoms with van der Waals surface area (Å²) >= 11 is -1.40. The molecule has 1 rings (SSSR count). The SMILES string of the molecule is FC(F)(F)C(=S)C(F)(F)F.FC(F)(F)C1(C(F)(F)F)SC(C(F)(F)F)(C(F)(F)F)S1. The highest BCUT2D eigenvalue weighted by atomic mass is 32.3. The van der Waals surface area contributed by atoms with Crippen LogP contribution >= 0.6 is 35.7 Å². The molecular weight excluding hydrogens is 546 g/mol. The molecule has 0 unspecified atom stereocenters. The highest BCUT2D eigenvalue weighted by Crippen LogP contribution is 2.81. The zero-order valence-electron chi connectivity index (χ0n) is 12.5. The van der Waals surface area contributed by atoms with E-state index in [0.29, 0.717) is 0 Å². The number of thioether (sulfide) groups is 2. The van der Waals surface area contributed by atoms with E-state index in [1.165, 1.54) is 0 Å². The molecule has 0 aromatic carbocycles. The van der Waals surface area contributed by atoms with E-state index < -0.39 is 73.6 Å². The minimum Gasteiger partial charge on any atom is -0.168 e. The van der Waals surface area contributed by atoms with Gasteiger partial charge in [0, 0.05) is 0 Å². The van der Waals surface area contributed by atoms with E-state index in [9.17, 15) is 79.0 Å². The van der Waals surface area contributed by atoms with Crippen molar-refractivity contribution in [3.05, 3.63) is 0 Å². The van der Waals surface area contributed by atoms with Crippen LogP contribution in [-0.2, 0) is 0 Å². The second-order valence-electron chi connectivity index (χ2n) is 4.75. The van der Waals surface area contributed by atoms with E-state index in [4.69, 9.17) is 0 Å². The van der Waals surface area contributed by atoms with Gasteiger partial charge in [-0.3, -0.25) is 0 Å². The van der Waals surface area contributed by atoms with Crippen LogP contribution in [0.15, 0.2) is 0 Å². The van der Waals surface area contributed by atoms with Gasteiger partial charge >= 0.3 is 37.1 Å². The molecule has 1 aliphatic heterocycles. The number of halogens is 18. The largest absolute Gasteiger partial charge is 0.431 e. The quantitative estimate of drug-likeness (QED) is 0.227. The lowest BCUT2D eigenvalue weighted by Gasteiger charge is -2.54. The molecule has 0 atom stereocenters. The predicted octanol–water partition coefficient (Wildman–Crippen LogP) is 7.59. The molecule has 0 aliphatic carbocycles. The first-order valence-electron chi connectivity index (χ1n) is 5.92. The molecule has 0 saturated carbocycles. The van der Waals surface area contributed by atoms with Crippen LogP contribution in [-0.4, -0.2) is 50.1 Å². The number of rotatable bonds is 0. The molecule has 0 nitrogen and oxygen atoms in total. The van der Waals surface area contributed by atoms with Crippen LogP contribution in [0, 0.1) is 0 Å². The van der Waals surface area contributed by atoms with E-state index in [2.05, 4.69) is 12.2 Å². The third-order valence-corrected chi connectivity index (χ3v) is 7.05. The summed E-state index contributed by atoms with van der Waals surface area (Å²) in [4.78, 5) is -2.85. The average Bonchev–Trinajstić information content (AvgIpc) is 2.27. The molecule has 30 heavy (non-hydrogen) atoms. The standard InChI is InChI=1S/C6F12S2.C3F6S/c7-3(8,9)1(4(10,11)12)19-2(20-1,5(13,14)15)6(16,17)18;4-2(5,6)1(10)3(7,8)9. The van der Waals surface area contributed by atoms with Crippen molar-refractivity contribution in [2.24, 2.45) is 0 Å². The van der Waals surface area contributed by atoms with Crippen molar-refractivity contribution in [1.29, 1.82) is 0 Å². The summed E-state index contributed by atoms with van der Waals surface area (Å²) in [5, 5.41) is 0. The zero-order valence-corrected chi connectivity index (χ0v) is 15.0. The Labute approximate surface area is 165 Å². The average molecular weight is 546 g/mol. The molecule has 1 saturated heterocycles. The number of hydrogen-bond donors (Lipinski definition) is 0. The molecule has 1 aliphatic rings. The van der Waals surface area contributed by atoms with Gasteiger partial charge in [-0.25, -0.2) is 0 Å². The van der Waals surface area contributed by atoms with Crippen molar-refractivity contribution in [2.75, 3.05) is 0 Å². The Morgan fingerprint density at radius 3 is 0.667 bits per heavy atom. The predicted molar refractivity (Wildman–Crippen MR) is 69.6 cm³/mol. The van der Waals surface area contributed by atoms with Gasteiger partial charge in [0.1, 0.15) is 0 Å². The fourth-order valence-electron chi connectivity index (χ4n) is 1.36. The van der Waals surface area contributed by atoms with Crippen LogP contribution < -0.4 is 0 Å². The van der Waals surface area contributed by atoms with Gasteiger partial charge in [-0.15, -0.1) is 0 Å². The summed E-state index contributed by atoms with van der Waals surface area (Å²) in [7, 11) is 0. The molecule has 0 N–H and O–H groups in total. The van der Waals surface area contributed by atoms with Gasteiger partial charge in [-0.1, -0.05) is 35.7 Å². The molecule has 1 heterocycles. The third-order valence-electron chi connectivity index (χ3n) is 2.58. The van der Waals surface area contributed by atoms with Gasteiger partial charge in [0.25, 0.3) is 8.16 Å². The summed E-state index contributed by atoms with van der Waals surface area (Å²) < 4.78 is 203. The van der Waals surface area contributed by atoms with Crippen LogP contribution in [0.2, 0.25) is 0 Å². The van der Waals surface area contributed by atoms with Crippen LogP contribution in [0.4, 0.5) is 79.0 Å². The number of alkyl halides is 18. The number of hydrogen-bond acceptors (Lipinski definition) is 3. The molecule has 0 spiro atoms. The Morgan fingerprint density at radius 1 is 0.433 bits per heavy atom. The first-order chi connectivity index (χ1) is 12.6. The molecule has 0 bridgehead atoms. The van der Waals surface area contributed by atoms with E-state index in [0.717, 1.165) is 0 Å². The fraction of sp³-hybridized carbons (Fsp3) is 0.889. The smallest absolute Gasteiger partial charge is 0.168 e. The highest BCUT2D eigenvalue weighted by Gasteiger charge is 2.92. The maximum absolute atomic E-state index is 12.3. The van der Waals surface area contributed by atoms with Gasteiger partial charge in [0.05, 0.1) is 0 Å². The third kappa shape index (κ3) is 5.47. The van der Waals surface area contributed by atoms with Crippen LogP contribution in [0.5, 0.6) is 0 Å². The topological polar surface area (TPSA) is 0 Å². The lowest BCUT2D eigenvalue weighted by Crippen LogP contribution is -2.70. The van der Waals surface area contributed by atoms with E-state index in [1.54, 1.807) is 0 Å².